The molecular formula is C18H15N5O. The molecule has 3 N–H and O–H groups in total. The van der Waals surface area contributed by atoms with E-state index in [2.05, 4.69) is 25.5 Å². The average molecular weight is 317 g/mol. The summed E-state index contributed by atoms with van der Waals surface area (Å²) in [6, 6.07) is 17.6. The first-order valence-electron chi connectivity index (χ1n) is 7.61. The average Bonchev–Trinajstić information content (AvgIpc) is 3.17. The highest BCUT2D eigenvalue weighted by Gasteiger charge is 2.07. The number of amides is 1. The van der Waals surface area contributed by atoms with Crippen LogP contribution in [0.25, 0.3) is 21.9 Å². The summed E-state index contributed by atoms with van der Waals surface area (Å²) in [4.78, 5) is 22.7. The molecule has 0 aliphatic heterocycles. The highest BCUT2D eigenvalue weighted by atomic mass is 16.2. The van der Waals surface area contributed by atoms with E-state index < -0.39 is 0 Å². The van der Waals surface area contributed by atoms with Crippen LogP contribution in [-0.2, 0) is 11.2 Å². The molecule has 0 fully saturated rings. The number of nitrogens with zero attached hydrogens (tertiary/aromatic N) is 2. The van der Waals surface area contributed by atoms with Gasteiger partial charge in [-0.2, -0.15) is 5.10 Å². The lowest BCUT2D eigenvalue weighted by Gasteiger charge is -1.96. The highest BCUT2D eigenvalue weighted by molar-refractivity contribution is 5.90. The van der Waals surface area contributed by atoms with Gasteiger partial charge >= 0.3 is 0 Å². The molecule has 4 rings (SSSR count). The van der Waals surface area contributed by atoms with Crippen LogP contribution in [-0.4, -0.2) is 27.1 Å². The summed E-state index contributed by atoms with van der Waals surface area (Å²) in [6.45, 7) is 0. The minimum atomic E-state index is -0.221. The number of para-hydroxylation sites is 3. The second-order valence-corrected chi connectivity index (χ2v) is 5.48. The maximum atomic E-state index is 12.0. The van der Waals surface area contributed by atoms with Gasteiger partial charge in [-0.3, -0.25) is 4.79 Å². The Kier molecular flexibility index (Phi) is 3.55. The first-order chi connectivity index (χ1) is 11.8. The lowest BCUT2D eigenvalue weighted by atomic mass is 10.2. The molecule has 0 unspecified atom stereocenters. The summed E-state index contributed by atoms with van der Waals surface area (Å²) in [7, 11) is 0. The van der Waals surface area contributed by atoms with Crippen molar-refractivity contribution in [2.45, 2.75) is 6.42 Å². The van der Waals surface area contributed by atoms with E-state index in [1.807, 2.05) is 54.6 Å². The Morgan fingerprint density at radius 3 is 2.71 bits per heavy atom. The van der Waals surface area contributed by atoms with E-state index in [0.717, 1.165) is 27.6 Å². The van der Waals surface area contributed by atoms with Gasteiger partial charge in [0, 0.05) is 10.9 Å². The van der Waals surface area contributed by atoms with Crippen molar-refractivity contribution in [1.29, 1.82) is 0 Å². The maximum Gasteiger partial charge on any atom is 0.247 e. The van der Waals surface area contributed by atoms with Gasteiger partial charge in [0.25, 0.3) is 0 Å². The van der Waals surface area contributed by atoms with Crippen LogP contribution in [0.1, 0.15) is 11.5 Å². The van der Waals surface area contributed by atoms with E-state index in [-0.39, 0.29) is 12.3 Å². The normalized spacial score (nSPS) is 11.5. The molecule has 0 spiro atoms. The van der Waals surface area contributed by atoms with Crippen LogP contribution >= 0.6 is 0 Å². The van der Waals surface area contributed by atoms with E-state index in [1.165, 1.54) is 0 Å². The summed E-state index contributed by atoms with van der Waals surface area (Å²) < 4.78 is 0. The van der Waals surface area contributed by atoms with Gasteiger partial charge in [0.15, 0.2) is 0 Å². The van der Waals surface area contributed by atoms with Gasteiger partial charge in [0.2, 0.25) is 5.91 Å². The van der Waals surface area contributed by atoms with Crippen LogP contribution in [0.3, 0.4) is 0 Å². The zero-order valence-electron chi connectivity index (χ0n) is 12.8. The molecule has 0 aliphatic carbocycles. The van der Waals surface area contributed by atoms with Gasteiger partial charge in [-0.05, 0) is 24.3 Å². The number of hydrogen-bond acceptors (Lipinski definition) is 3. The molecule has 0 bridgehead atoms. The number of benzene rings is 2. The molecule has 0 saturated carbocycles. The molecule has 1 amide bonds. The molecule has 0 aliphatic rings. The minimum Gasteiger partial charge on any atom is -0.354 e. The summed E-state index contributed by atoms with van der Waals surface area (Å²) in [5.74, 6) is 0.399. The van der Waals surface area contributed by atoms with Crippen molar-refractivity contribution in [2.75, 3.05) is 0 Å². The van der Waals surface area contributed by atoms with Crippen LogP contribution in [0.15, 0.2) is 59.7 Å². The topological polar surface area (TPSA) is 85.9 Å². The highest BCUT2D eigenvalue weighted by Crippen LogP contribution is 2.13. The van der Waals surface area contributed by atoms with Gasteiger partial charge in [-0.1, -0.05) is 30.3 Å². The molecule has 118 valence electrons. The Morgan fingerprint density at radius 2 is 1.88 bits per heavy atom. The number of aromatic amines is 2. The molecule has 0 atom stereocenters. The van der Waals surface area contributed by atoms with Gasteiger partial charge in [-0.25, -0.2) is 10.4 Å². The molecule has 0 saturated heterocycles. The Morgan fingerprint density at radius 1 is 1.08 bits per heavy atom. The SMILES string of the molecule is O=C(Cc1nc2ccccc2[nH]1)NN=Cc1cc2ccccc2[nH]1. The third-order valence-corrected chi connectivity index (χ3v) is 3.71. The fourth-order valence-electron chi connectivity index (χ4n) is 2.62. The van der Waals surface area contributed by atoms with E-state index in [4.69, 9.17) is 0 Å². The second kappa shape index (κ2) is 6.00. The molecule has 6 heteroatoms. The van der Waals surface area contributed by atoms with Crippen molar-refractivity contribution in [3.05, 3.63) is 66.1 Å². The summed E-state index contributed by atoms with van der Waals surface area (Å²) in [5.41, 5.74) is 6.15. The number of fused-ring (bicyclic) bond motifs is 2. The zero-order valence-corrected chi connectivity index (χ0v) is 12.8. The number of hydrogen-bond donors (Lipinski definition) is 3. The first kappa shape index (κ1) is 14.2. The molecule has 2 heterocycles. The largest absolute Gasteiger partial charge is 0.354 e. The van der Waals surface area contributed by atoms with Crippen molar-refractivity contribution in [3.8, 4) is 0 Å². The number of aromatic nitrogens is 3. The van der Waals surface area contributed by atoms with E-state index >= 15 is 0 Å². The van der Waals surface area contributed by atoms with Crippen LogP contribution < -0.4 is 5.43 Å². The van der Waals surface area contributed by atoms with Gasteiger partial charge in [0.05, 0.1) is 29.4 Å². The maximum absolute atomic E-state index is 12.0. The van der Waals surface area contributed by atoms with E-state index in [9.17, 15) is 4.79 Å². The molecule has 0 radical (unpaired) electrons. The Balaban J connectivity index is 1.40. The first-order valence-corrected chi connectivity index (χ1v) is 7.61. The number of rotatable bonds is 4. The van der Waals surface area contributed by atoms with Crippen molar-refractivity contribution in [1.82, 2.24) is 20.4 Å². The van der Waals surface area contributed by atoms with E-state index in [1.54, 1.807) is 6.21 Å². The molecule has 2 aromatic heterocycles. The predicted octanol–water partition coefficient (Wildman–Crippen LogP) is 2.74. The summed E-state index contributed by atoms with van der Waals surface area (Å²) in [6.07, 6.45) is 1.75. The fraction of sp³-hybridized carbons (Fsp3) is 0.0556. The Hall–Kier alpha value is -3.41. The van der Waals surface area contributed by atoms with Gasteiger partial charge in [-0.15, -0.1) is 0 Å². The quantitative estimate of drug-likeness (QED) is 0.399. The number of H-pyrrole nitrogens is 2. The lowest BCUT2D eigenvalue weighted by molar-refractivity contribution is -0.120. The number of carbonyl (C=O) groups excluding carboxylic acids is 1. The minimum absolute atomic E-state index is 0.152. The molecule has 2 aromatic carbocycles. The monoisotopic (exact) mass is 317 g/mol. The smallest absolute Gasteiger partial charge is 0.247 e. The summed E-state index contributed by atoms with van der Waals surface area (Å²) in [5, 5.41) is 5.09. The van der Waals surface area contributed by atoms with Gasteiger partial charge in [0.1, 0.15) is 5.82 Å². The van der Waals surface area contributed by atoms with E-state index in [0.29, 0.717) is 5.82 Å². The van der Waals surface area contributed by atoms with Crippen LogP contribution in [0.4, 0.5) is 0 Å². The van der Waals surface area contributed by atoms with Crippen LogP contribution in [0.5, 0.6) is 0 Å². The van der Waals surface area contributed by atoms with Crippen molar-refractivity contribution < 1.29 is 4.79 Å². The third kappa shape index (κ3) is 2.89. The molecule has 6 nitrogen and oxygen atoms in total. The lowest BCUT2D eigenvalue weighted by Crippen LogP contribution is -2.20. The van der Waals surface area contributed by atoms with Gasteiger partial charge < -0.3 is 9.97 Å². The van der Waals surface area contributed by atoms with Crippen molar-refractivity contribution in [2.24, 2.45) is 5.10 Å². The van der Waals surface area contributed by atoms with Crippen molar-refractivity contribution in [3.63, 3.8) is 0 Å². The number of imidazole rings is 1. The molecular weight excluding hydrogens is 302 g/mol. The van der Waals surface area contributed by atoms with Crippen molar-refractivity contribution >= 4 is 34.1 Å². The Bertz CT molecular complexity index is 978. The second-order valence-electron chi connectivity index (χ2n) is 5.48. The zero-order chi connectivity index (χ0) is 16.4. The number of nitrogens with one attached hydrogen (secondary N) is 3. The predicted molar refractivity (Wildman–Crippen MR) is 93.8 cm³/mol. The number of carbonyl (C=O) groups is 1. The number of hydrazone groups is 1. The molecule has 4 aromatic rings. The van der Waals surface area contributed by atoms with Crippen LogP contribution in [0.2, 0.25) is 0 Å². The molecule has 24 heavy (non-hydrogen) atoms. The fourth-order valence-corrected chi connectivity index (χ4v) is 2.62. The summed E-state index contributed by atoms with van der Waals surface area (Å²) >= 11 is 0. The Labute approximate surface area is 137 Å². The third-order valence-electron chi connectivity index (χ3n) is 3.71. The van der Waals surface area contributed by atoms with Crippen LogP contribution in [0, 0.1) is 0 Å². The standard InChI is InChI=1S/C18H15N5O/c24-18(10-17-21-15-7-3-4-8-16(15)22-17)23-19-11-13-9-12-5-1-2-6-14(12)20-13/h1-9,11,20H,10H2,(H,21,22)(H,23,24).